The Morgan fingerprint density at radius 1 is 1.05 bits per heavy atom. The Balaban J connectivity index is 1.68. The first-order chi connectivity index (χ1) is 9.74. The average Bonchev–Trinajstić information content (AvgIpc) is 2.86. The second-order valence-corrected chi connectivity index (χ2v) is 5.53. The number of rotatable bonds is 4. The molecule has 3 rings (SSSR count). The number of benzene rings is 2. The Morgan fingerprint density at radius 2 is 1.85 bits per heavy atom. The van der Waals surface area contributed by atoms with Crippen molar-refractivity contribution in [2.75, 3.05) is 11.9 Å². The summed E-state index contributed by atoms with van der Waals surface area (Å²) in [4.78, 5) is 0. The van der Waals surface area contributed by atoms with E-state index < -0.39 is 0 Å². The highest BCUT2D eigenvalue weighted by Gasteiger charge is 2.04. The monoisotopic (exact) mass is 332 g/mol. The topological polar surface area (TPSA) is 17.0 Å². The van der Waals surface area contributed by atoms with Gasteiger partial charge in [-0.3, -0.25) is 0 Å². The first-order valence-corrected chi connectivity index (χ1v) is 7.26. The van der Waals surface area contributed by atoms with Crippen LogP contribution in [0.5, 0.6) is 0 Å². The van der Waals surface area contributed by atoms with Gasteiger partial charge < -0.3 is 9.88 Å². The van der Waals surface area contributed by atoms with Gasteiger partial charge in [-0.25, -0.2) is 4.39 Å². The van der Waals surface area contributed by atoms with Crippen LogP contribution >= 0.6 is 15.9 Å². The van der Waals surface area contributed by atoms with Crippen LogP contribution in [0.4, 0.5) is 10.1 Å². The summed E-state index contributed by atoms with van der Waals surface area (Å²) >= 11 is 3.41. The molecule has 0 atom stereocenters. The van der Waals surface area contributed by atoms with Crippen LogP contribution in [0.25, 0.3) is 10.9 Å². The van der Waals surface area contributed by atoms with Crippen molar-refractivity contribution in [3.05, 3.63) is 65.0 Å². The van der Waals surface area contributed by atoms with Gasteiger partial charge in [0.1, 0.15) is 5.82 Å². The van der Waals surface area contributed by atoms with Crippen LogP contribution in [-0.2, 0) is 6.54 Å². The van der Waals surface area contributed by atoms with Gasteiger partial charge in [-0.15, -0.1) is 0 Å². The molecule has 0 fully saturated rings. The minimum Gasteiger partial charge on any atom is -0.383 e. The van der Waals surface area contributed by atoms with Gasteiger partial charge in [0.15, 0.2) is 0 Å². The molecule has 0 bridgehead atoms. The van der Waals surface area contributed by atoms with Crippen LogP contribution in [0.1, 0.15) is 0 Å². The van der Waals surface area contributed by atoms with Crippen LogP contribution in [0.2, 0.25) is 0 Å². The third kappa shape index (κ3) is 2.70. The maximum Gasteiger partial charge on any atom is 0.132 e. The molecule has 3 aromatic rings. The summed E-state index contributed by atoms with van der Waals surface area (Å²) in [5, 5.41) is 4.03. The molecule has 0 aliphatic heterocycles. The highest BCUT2D eigenvalue weighted by Crippen LogP contribution is 2.19. The van der Waals surface area contributed by atoms with Crippen molar-refractivity contribution < 1.29 is 4.39 Å². The lowest BCUT2D eigenvalue weighted by Crippen LogP contribution is -2.09. The van der Waals surface area contributed by atoms with E-state index in [1.165, 1.54) is 6.07 Å². The van der Waals surface area contributed by atoms with Crippen LogP contribution in [0.3, 0.4) is 0 Å². The molecule has 2 nitrogen and oxygen atoms in total. The maximum absolute atomic E-state index is 13.6. The van der Waals surface area contributed by atoms with Gasteiger partial charge in [0.2, 0.25) is 0 Å². The Kier molecular flexibility index (Phi) is 3.74. The largest absolute Gasteiger partial charge is 0.383 e. The van der Waals surface area contributed by atoms with Gasteiger partial charge in [0.25, 0.3) is 0 Å². The molecule has 0 unspecified atom stereocenters. The lowest BCUT2D eigenvalue weighted by Gasteiger charge is -2.08. The standard InChI is InChI=1S/C16H14BrFN2/c17-12-4-6-13(7-5-12)19-9-11-20-10-8-14-15(18)2-1-3-16(14)20/h1-8,10,19H,9,11H2. The summed E-state index contributed by atoms with van der Waals surface area (Å²) in [5.41, 5.74) is 2.01. The first-order valence-electron chi connectivity index (χ1n) is 6.47. The Hall–Kier alpha value is -1.81. The van der Waals surface area contributed by atoms with E-state index in [1.54, 1.807) is 6.07 Å². The van der Waals surface area contributed by atoms with Crippen LogP contribution in [0.15, 0.2) is 59.2 Å². The molecule has 20 heavy (non-hydrogen) atoms. The molecule has 2 aromatic carbocycles. The number of nitrogens with one attached hydrogen (secondary N) is 1. The number of hydrogen-bond acceptors (Lipinski definition) is 1. The fourth-order valence-electron chi connectivity index (χ4n) is 2.27. The van der Waals surface area contributed by atoms with Crippen molar-refractivity contribution in [2.24, 2.45) is 0 Å². The summed E-state index contributed by atoms with van der Waals surface area (Å²) in [6, 6.07) is 15.1. The Morgan fingerprint density at radius 3 is 2.65 bits per heavy atom. The Labute approximate surface area is 125 Å². The van der Waals surface area contributed by atoms with Crippen molar-refractivity contribution in [1.82, 2.24) is 4.57 Å². The fraction of sp³-hybridized carbons (Fsp3) is 0.125. The molecule has 1 heterocycles. The van der Waals surface area contributed by atoms with Gasteiger partial charge >= 0.3 is 0 Å². The minimum absolute atomic E-state index is 0.165. The van der Waals surface area contributed by atoms with E-state index in [0.717, 1.165) is 28.8 Å². The zero-order valence-electron chi connectivity index (χ0n) is 10.8. The summed E-state index contributed by atoms with van der Waals surface area (Å²) in [7, 11) is 0. The van der Waals surface area contributed by atoms with E-state index in [1.807, 2.05) is 42.6 Å². The second kappa shape index (κ2) is 5.67. The molecule has 0 radical (unpaired) electrons. The van der Waals surface area contributed by atoms with E-state index >= 15 is 0 Å². The highest BCUT2D eigenvalue weighted by atomic mass is 79.9. The van der Waals surface area contributed by atoms with Crippen LogP contribution in [-0.4, -0.2) is 11.1 Å². The predicted octanol–water partition coefficient (Wildman–Crippen LogP) is 4.66. The summed E-state index contributed by atoms with van der Waals surface area (Å²) < 4.78 is 16.7. The number of aromatic nitrogens is 1. The normalized spacial score (nSPS) is 10.9. The quantitative estimate of drug-likeness (QED) is 0.735. The molecule has 102 valence electrons. The van der Waals surface area contributed by atoms with E-state index in [9.17, 15) is 4.39 Å². The van der Waals surface area contributed by atoms with Gasteiger partial charge in [-0.05, 0) is 42.5 Å². The number of fused-ring (bicyclic) bond motifs is 1. The number of nitrogens with zero attached hydrogens (tertiary/aromatic N) is 1. The van der Waals surface area contributed by atoms with Gasteiger partial charge in [-0.1, -0.05) is 22.0 Å². The summed E-state index contributed by atoms with van der Waals surface area (Å²) in [5.74, 6) is -0.165. The number of halogens is 2. The molecule has 1 aromatic heterocycles. The van der Waals surface area contributed by atoms with Gasteiger partial charge in [-0.2, -0.15) is 0 Å². The van der Waals surface area contributed by atoms with Gasteiger partial charge in [0, 0.05) is 34.8 Å². The molecule has 0 saturated heterocycles. The zero-order valence-corrected chi connectivity index (χ0v) is 12.4. The zero-order chi connectivity index (χ0) is 13.9. The SMILES string of the molecule is Fc1cccc2c1ccn2CCNc1ccc(Br)cc1. The second-order valence-electron chi connectivity index (χ2n) is 4.62. The lowest BCUT2D eigenvalue weighted by molar-refractivity contribution is 0.639. The molecule has 0 aliphatic rings. The number of hydrogen-bond donors (Lipinski definition) is 1. The third-order valence-electron chi connectivity index (χ3n) is 3.29. The fourth-order valence-corrected chi connectivity index (χ4v) is 2.53. The van der Waals surface area contributed by atoms with Crippen molar-refractivity contribution >= 4 is 32.5 Å². The minimum atomic E-state index is -0.165. The van der Waals surface area contributed by atoms with Gasteiger partial charge in [0.05, 0.1) is 5.52 Å². The molecule has 1 N–H and O–H groups in total. The Bertz CT molecular complexity index is 719. The van der Waals surface area contributed by atoms with E-state index in [-0.39, 0.29) is 5.82 Å². The lowest BCUT2D eigenvalue weighted by atomic mass is 10.2. The smallest absolute Gasteiger partial charge is 0.132 e. The highest BCUT2D eigenvalue weighted by molar-refractivity contribution is 9.10. The van der Waals surface area contributed by atoms with Crippen molar-refractivity contribution in [3.63, 3.8) is 0 Å². The van der Waals surface area contributed by atoms with Crippen LogP contribution in [0, 0.1) is 5.82 Å². The summed E-state index contributed by atoms with van der Waals surface area (Å²) in [6.07, 6.45) is 1.93. The van der Waals surface area contributed by atoms with Crippen LogP contribution < -0.4 is 5.32 Å². The maximum atomic E-state index is 13.6. The molecule has 0 aliphatic carbocycles. The molecular weight excluding hydrogens is 319 g/mol. The molecule has 0 amide bonds. The first kappa shape index (κ1) is 13.2. The van der Waals surface area contributed by atoms with E-state index in [4.69, 9.17) is 0 Å². The van der Waals surface area contributed by atoms with E-state index in [0.29, 0.717) is 5.39 Å². The van der Waals surface area contributed by atoms with Crippen molar-refractivity contribution in [3.8, 4) is 0 Å². The number of anilines is 1. The van der Waals surface area contributed by atoms with Crippen molar-refractivity contribution in [1.29, 1.82) is 0 Å². The van der Waals surface area contributed by atoms with Crippen molar-refractivity contribution in [2.45, 2.75) is 6.54 Å². The third-order valence-corrected chi connectivity index (χ3v) is 3.82. The molecule has 0 saturated carbocycles. The molecule has 4 heteroatoms. The average molecular weight is 333 g/mol. The predicted molar refractivity (Wildman–Crippen MR) is 84.5 cm³/mol. The molecule has 0 spiro atoms. The molecular formula is C16H14BrFN2. The summed E-state index contributed by atoms with van der Waals surface area (Å²) in [6.45, 7) is 1.59. The van der Waals surface area contributed by atoms with E-state index in [2.05, 4.69) is 25.8 Å².